The summed E-state index contributed by atoms with van der Waals surface area (Å²) in [5, 5.41) is 1.60. The fraction of sp³-hybridized carbons (Fsp3) is 0.538. The Hall–Kier alpha value is -0.810. The first-order valence-corrected chi connectivity index (χ1v) is 8.16. The molecule has 2 heterocycles. The number of thiophene rings is 1. The molecule has 5 heteroatoms. The van der Waals surface area contributed by atoms with Gasteiger partial charge in [-0.25, -0.2) is 4.98 Å². The lowest BCUT2D eigenvalue weighted by molar-refractivity contribution is 0.509. The lowest BCUT2D eigenvalue weighted by atomic mass is 9.89. The fourth-order valence-corrected chi connectivity index (χ4v) is 4.57. The van der Waals surface area contributed by atoms with Crippen LogP contribution in [0.2, 0.25) is 0 Å². The summed E-state index contributed by atoms with van der Waals surface area (Å²) in [5.74, 6) is 1.66. The van der Waals surface area contributed by atoms with Crippen LogP contribution >= 0.6 is 23.1 Å². The van der Waals surface area contributed by atoms with Crippen molar-refractivity contribution in [3.05, 3.63) is 20.8 Å². The first-order valence-electron chi connectivity index (χ1n) is 6.36. The molecule has 1 aliphatic carbocycles. The van der Waals surface area contributed by atoms with Gasteiger partial charge in [0.25, 0.3) is 5.56 Å². The zero-order valence-electron chi connectivity index (χ0n) is 10.6. The summed E-state index contributed by atoms with van der Waals surface area (Å²) in [4.78, 5) is 22.0. The standard InChI is InChI=1S/C13H16N2OS2/c1-3-17-13-14-11(16)10-8-5-4-7(2)6-9(8)18-12(10)15-13/h7H,3-6H2,1-2H3,(H,14,15,16)/t7-/m1/s1. The Morgan fingerprint density at radius 3 is 3.17 bits per heavy atom. The molecule has 0 radical (unpaired) electrons. The van der Waals surface area contributed by atoms with Crippen molar-refractivity contribution in [1.82, 2.24) is 9.97 Å². The molecule has 0 fully saturated rings. The van der Waals surface area contributed by atoms with Gasteiger partial charge in [-0.1, -0.05) is 25.6 Å². The average molecular weight is 280 g/mol. The molecule has 96 valence electrons. The topological polar surface area (TPSA) is 45.8 Å². The van der Waals surface area contributed by atoms with Crippen LogP contribution in [0, 0.1) is 5.92 Å². The van der Waals surface area contributed by atoms with Crippen molar-refractivity contribution in [2.24, 2.45) is 5.92 Å². The van der Waals surface area contributed by atoms with E-state index in [-0.39, 0.29) is 5.56 Å². The van der Waals surface area contributed by atoms with Gasteiger partial charge < -0.3 is 4.98 Å². The summed E-state index contributed by atoms with van der Waals surface area (Å²) in [6.07, 6.45) is 3.32. The minimum Gasteiger partial charge on any atom is -0.301 e. The quantitative estimate of drug-likeness (QED) is 0.678. The second-order valence-corrected chi connectivity index (χ2v) is 7.17. The van der Waals surface area contributed by atoms with Crippen molar-refractivity contribution in [2.75, 3.05) is 5.75 Å². The van der Waals surface area contributed by atoms with E-state index in [9.17, 15) is 4.79 Å². The molecule has 0 unspecified atom stereocenters. The second-order valence-electron chi connectivity index (χ2n) is 4.84. The molecular weight excluding hydrogens is 264 g/mol. The number of aromatic amines is 1. The van der Waals surface area contributed by atoms with Crippen LogP contribution in [0.4, 0.5) is 0 Å². The third-order valence-electron chi connectivity index (χ3n) is 3.42. The summed E-state index contributed by atoms with van der Waals surface area (Å²) >= 11 is 3.30. The molecule has 0 bridgehead atoms. The molecule has 2 aromatic heterocycles. The highest BCUT2D eigenvalue weighted by Gasteiger charge is 2.22. The number of H-pyrrole nitrogens is 1. The Kier molecular flexibility index (Phi) is 3.20. The van der Waals surface area contributed by atoms with Crippen LogP contribution in [0.3, 0.4) is 0 Å². The molecule has 1 aliphatic rings. The number of hydrogen-bond acceptors (Lipinski definition) is 4. The van der Waals surface area contributed by atoms with Gasteiger partial charge in [0, 0.05) is 4.88 Å². The van der Waals surface area contributed by atoms with Crippen LogP contribution in [-0.2, 0) is 12.8 Å². The Labute approximate surface area is 114 Å². The van der Waals surface area contributed by atoms with Crippen LogP contribution in [0.25, 0.3) is 10.2 Å². The molecule has 3 nitrogen and oxygen atoms in total. The summed E-state index contributed by atoms with van der Waals surface area (Å²) in [5.41, 5.74) is 1.30. The van der Waals surface area contributed by atoms with Gasteiger partial charge in [-0.2, -0.15) is 0 Å². The van der Waals surface area contributed by atoms with Crippen molar-refractivity contribution < 1.29 is 0 Å². The van der Waals surface area contributed by atoms with Gasteiger partial charge in [-0.05, 0) is 36.5 Å². The number of nitrogens with one attached hydrogen (secondary N) is 1. The van der Waals surface area contributed by atoms with E-state index in [4.69, 9.17) is 0 Å². The lowest BCUT2D eigenvalue weighted by Crippen LogP contribution is -2.13. The minimum absolute atomic E-state index is 0.0444. The van der Waals surface area contributed by atoms with E-state index in [1.165, 1.54) is 16.9 Å². The van der Waals surface area contributed by atoms with E-state index in [0.29, 0.717) is 0 Å². The SMILES string of the molecule is CCSc1nc2sc3c(c2c(=O)[nH]1)CC[C@@H](C)C3. The van der Waals surface area contributed by atoms with Gasteiger partial charge in [-0.15, -0.1) is 11.3 Å². The maximum absolute atomic E-state index is 12.2. The zero-order valence-corrected chi connectivity index (χ0v) is 12.2. The van der Waals surface area contributed by atoms with Crippen molar-refractivity contribution in [3.8, 4) is 0 Å². The maximum atomic E-state index is 12.2. The zero-order chi connectivity index (χ0) is 12.7. The highest BCUT2D eigenvalue weighted by atomic mass is 32.2. The van der Waals surface area contributed by atoms with Gasteiger partial charge in [0.2, 0.25) is 0 Å². The van der Waals surface area contributed by atoms with Crippen molar-refractivity contribution >= 4 is 33.3 Å². The molecule has 1 atom stereocenters. The molecule has 18 heavy (non-hydrogen) atoms. The van der Waals surface area contributed by atoms with Crippen molar-refractivity contribution in [3.63, 3.8) is 0 Å². The van der Waals surface area contributed by atoms with E-state index in [1.807, 2.05) is 0 Å². The predicted octanol–water partition coefficient (Wildman–Crippen LogP) is 3.22. The molecule has 0 amide bonds. The van der Waals surface area contributed by atoms with Gasteiger partial charge in [0.1, 0.15) is 4.83 Å². The third-order valence-corrected chi connectivity index (χ3v) is 5.33. The average Bonchev–Trinajstić information content (AvgIpc) is 2.66. The third kappa shape index (κ3) is 1.99. The normalized spacial score (nSPS) is 19.1. The van der Waals surface area contributed by atoms with E-state index >= 15 is 0 Å². The Bertz CT molecular complexity index is 644. The predicted molar refractivity (Wildman–Crippen MR) is 77.8 cm³/mol. The van der Waals surface area contributed by atoms with Crippen LogP contribution in [0.15, 0.2) is 9.95 Å². The molecule has 3 rings (SSSR count). The Morgan fingerprint density at radius 2 is 2.39 bits per heavy atom. The van der Waals surface area contributed by atoms with E-state index < -0.39 is 0 Å². The first kappa shape index (κ1) is 12.2. The molecule has 2 aromatic rings. The highest BCUT2D eigenvalue weighted by Crippen LogP contribution is 2.35. The largest absolute Gasteiger partial charge is 0.301 e. The number of fused-ring (bicyclic) bond motifs is 3. The van der Waals surface area contributed by atoms with Gasteiger partial charge in [-0.3, -0.25) is 4.79 Å². The van der Waals surface area contributed by atoms with E-state index in [0.717, 1.165) is 39.9 Å². The van der Waals surface area contributed by atoms with Crippen LogP contribution in [0.5, 0.6) is 0 Å². The lowest BCUT2D eigenvalue weighted by Gasteiger charge is -2.17. The van der Waals surface area contributed by atoms with Crippen LogP contribution in [-0.4, -0.2) is 15.7 Å². The van der Waals surface area contributed by atoms with Crippen LogP contribution in [0.1, 0.15) is 30.7 Å². The maximum Gasteiger partial charge on any atom is 0.260 e. The molecule has 0 aliphatic heterocycles. The molecule has 0 spiro atoms. The minimum atomic E-state index is 0.0444. The summed E-state index contributed by atoms with van der Waals surface area (Å²) in [7, 11) is 0. The fourth-order valence-electron chi connectivity index (χ4n) is 2.53. The number of aromatic nitrogens is 2. The van der Waals surface area contributed by atoms with E-state index in [1.54, 1.807) is 23.1 Å². The molecule has 0 aromatic carbocycles. The van der Waals surface area contributed by atoms with Crippen LogP contribution < -0.4 is 5.56 Å². The monoisotopic (exact) mass is 280 g/mol. The molecular formula is C13H16N2OS2. The summed E-state index contributed by atoms with van der Waals surface area (Å²) in [6.45, 7) is 4.35. The van der Waals surface area contributed by atoms with Crippen molar-refractivity contribution in [2.45, 2.75) is 38.3 Å². The Morgan fingerprint density at radius 1 is 1.56 bits per heavy atom. The molecule has 1 N–H and O–H groups in total. The van der Waals surface area contributed by atoms with Crippen molar-refractivity contribution in [1.29, 1.82) is 0 Å². The number of thioether (sulfide) groups is 1. The van der Waals surface area contributed by atoms with Gasteiger partial charge in [0.15, 0.2) is 5.16 Å². The summed E-state index contributed by atoms with van der Waals surface area (Å²) < 4.78 is 0. The van der Waals surface area contributed by atoms with Gasteiger partial charge >= 0.3 is 0 Å². The van der Waals surface area contributed by atoms with E-state index in [2.05, 4.69) is 23.8 Å². The number of aryl methyl sites for hydroxylation is 1. The van der Waals surface area contributed by atoms with Gasteiger partial charge in [0.05, 0.1) is 5.39 Å². The molecule has 0 saturated carbocycles. The number of nitrogens with zero attached hydrogens (tertiary/aromatic N) is 1. The number of rotatable bonds is 2. The summed E-state index contributed by atoms with van der Waals surface area (Å²) in [6, 6.07) is 0. The smallest absolute Gasteiger partial charge is 0.260 e. The number of hydrogen-bond donors (Lipinski definition) is 1. The second kappa shape index (κ2) is 4.70. The molecule has 0 saturated heterocycles. The highest BCUT2D eigenvalue weighted by molar-refractivity contribution is 7.99. The first-order chi connectivity index (χ1) is 8.69. The Balaban J connectivity index is 2.19.